The van der Waals surface area contributed by atoms with E-state index in [1.54, 1.807) is 29.2 Å². The zero-order chi connectivity index (χ0) is 21.6. The van der Waals surface area contributed by atoms with Gasteiger partial charge in [0.15, 0.2) is 0 Å². The van der Waals surface area contributed by atoms with Gasteiger partial charge in [-0.05, 0) is 63.8 Å². The lowest BCUT2D eigenvalue weighted by Crippen LogP contribution is -2.43. The van der Waals surface area contributed by atoms with Crippen molar-refractivity contribution in [2.75, 3.05) is 23.7 Å². The second-order valence-electron chi connectivity index (χ2n) is 8.95. The number of nitrogens with zero attached hydrogens (tertiary/aromatic N) is 1. The van der Waals surface area contributed by atoms with Crippen molar-refractivity contribution in [3.05, 3.63) is 24.3 Å². The van der Waals surface area contributed by atoms with Crippen molar-refractivity contribution in [2.24, 2.45) is 11.8 Å². The lowest BCUT2D eigenvalue weighted by Gasteiger charge is -2.32. The Bertz CT molecular complexity index is 715. The van der Waals surface area contributed by atoms with Crippen molar-refractivity contribution < 1.29 is 19.1 Å². The molecule has 1 saturated heterocycles. The topological polar surface area (TPSA) is 87.7 Å². The Kier molecular flexibility index (Phi) is 7.65. The molecule has 2 N–H and O–H groups in total. The van der Waals surface area contributed by atoms with Crippen LogP contribution in [0.5, 0.6) is 0 Å². The first-order chi connectivity index (χ1) is 13.5. The van der Waals surface area contributed by atoms with Crippen molar-refractivity contribution >= 4 is 29.3 Å². The summed E-state index contributed by atoms with van der Waals surface area (Å²) in [6.07, 6.45) is 1.36. The summed E-state index contributed by atoms with van der Waals surface area (Å²) in [5.74, 6) is 0.0911. The molecule has 1 aromatic rings. The van der Waals surface area contributed by atoms with Crippen LogP contribution in [0.15, 0.2) is 24.3 Å². The molecule has 0 unspecified atom stereocenters. The molecule has 0 aliphatic carbocycles. The van der Waals surface area contributed by atoms with E-state index >= 15 is 0 Å². The van der Waals surface area contributed by atoms with Crippen LogP contribution < -0.4 is 10.6 Å². The fourth-order valence-corrected chi connectivity index (χ4v) is 3.11. The maximum absolute atomic E-state index is 12.5. The Hall–Kier alpha value is -2.57. The Morgan fingerprint density at radius 3 is 2.03 bits per heavy atom. The molecule has 3 amide bonds. The maximum Gasteiger partial charge on any atom is 0.410 e. The number of rotatable bonds is 5. The molecule has 0 bridgehead atoms. The van der Waals surface area contributed by atoms with Crippen LogP contribution >= 0.6 is 0 Å². The van der Waals surface area contributed by atoms with Gasteiger partial charge < -0.3 is 20.3 Å². The molecule has 0 atom stereocenters. The number of hydrogen-bond acceptors (Lipinski definition) is 4. The lowest BCUT2D eigenvalue weighted by atomic mass is 9.96. The van der Waals surface area contributed by atoms with E-state index in [2.05, 4.69) is 10.6 Å². The first-order valence-electron chi connectivity index (χ1n) is 10.2. The summed E-state index contributed by atoms with van der Waals surface area (Å²) in [6.45, 7) is 10.5. The second-order valence-corrected chi connectivity index (χ2v) is 8.95. The van der Waals surface area contributed by atoms with Crippen LogP contribution in [0.3, 0.4) is 0 Å². The summed E-state index contributed by atoms with van der Waals surface area (Å²) >= 11 is 0. The van der Waals surface area contributed by atoms with Crippen molar-refractivity contribution in [3.63, 3.8) is 0 Å². The van der Waals surface area contributed by atoms with E-state index in [1.165, 1.54) is 0 Å². The van der Waals surface area contributed by atoms with E-state index in [0.29, 0.717) is 49.6 Å². The minimum absolute atomic E-state index is 0.0199. The molecule has 0 radical (unpaired) electrons. The molecule has 2 rings (SSSR count). The van der Waals surface area contributed by atoms with E-state index in [-0.39, 0.29) is 23.8 Å². The molecule has 0 spiro atoms. The van der Waals surface area contributed by atoms with Crippen LogP contribution in [0.4, 0.5) is 16.2 Å². The molecule has 1 aliphatic heterocycles. The summed E-state index contributed by atoms with van der Waals surface area (Å²) < 4.78 is 5.38. The van der Waals surface area contributed by atoms with Gasteiger partial charge in [-0.15, -0.1) is 0 Å². The average Bonchev–Trinajstić information content (AvgIpc) is 2.61. The van der Waals surface area contributed by atoms with Crippen LogP contribution in [0.25, 0.3) is 0 Å². The van der Waals surface area contributed by atoms with Gasteiger partial charge >= 0.3 is 6.09 Å². The fourth-order valence-electron chi connectivity index (χ4n) is 3.11. The number of ether oxygens (including phenoxy) is 1. The first-order valence-corrected chi connectivity index (χ1v) is 10.2. The quantitative estimate of drug-likeness (QED) is 0.769. The van der Waals surface area contributed by atoms with E-state index in [1.807, 2.05) is 34.6 Å². The minimum Gasteiger partial charge on any atom is -0.444 e. The van der Waals surface area contributed by atoms with Crippen molar-refractivity contribution in [2.45, 2.75) is 59.5 Å². The highest BCUT2D eigenvalue weighted by atomic mass is 16.6. The number of anilines is 2. The van der Waals surface area contributed by atoms with Gasteiger partial charge in [0, 0.05) is 36.8 Å². The summed E-state index contributed by atoms with van der Waals surface area (Å²) in [5, 5.41) is 5.77. The highest BCUT2D eigenvalue weighted by molar-refractivity contribution is 5.94. The smallest absolute Gasteiger partial charge is 0.410 e. The van der Waals surface area contributed by atoms with Gasteiger partial charge in [-0.2, -0.15) is 0 Å². The Morgan fingerprint density at radius 1 is 1.03 bits per heavy atom. The number of nitrogens with one attached hydrogen (secondary N) is 2. The fraction of sp³-hybridized carbons (Fsp3) is 0.591. The minimum atomic E-state index is -0.522. The molecule has 0 saturated carbocycles. The molecule has 1 fully saturated rings. The molecule has 1 aliphatic rings. The highest BCUT2D eigenvalue weighted by Crippen LogP contribution is 2.22. The third-order valence-electron chi connectivity index (χ3n) is 4.55. The molecule has 7 heteroatoms. The predicted octanol–water partition coefficient (Wildman–Crippen LogP) is 4.26. The number of carbonyl (C=O) groups excluding carboxylic acids is 3. The van der Waals surface area contributed by atoms with E-state index in [0.717, 1.165) is 0 Å². The normalized spacial score (nSPS) is 15.2. The first kappa shape index (κ1) is 22.7. The van der Waals surface area contributed by atoms with Gasteiger partial charge in [0.25, 0.3) is 0 Å². The second kappa shape index (κ2) is 9.76. The van der Waals surface area contributed by atoms with Crippen LogP contribution in [0, 0.1) is 11.8 Å². The average molecular weight is 404 g/mol. The van der Waals surface area contributed by atoms with Crippen molar-refractivity contribution in [1.82, 2.24) is 4.90 Å². The van der Waals surface area contributed by atoms with Gasteiger partial charge in [-0.25, -0.2) is 4.79 Å². The monoisotopic (exact) mass is 403 g/mol. The van der Waals surface area contributed by atoms with Gasteiger partial charge in [-0.3, -0.25) is 9.59 Å². The Labute approximate surface area is 173 Å². The summed E-state index contributed by atoms with van der Waals surface area (Å²) in [5.41, 5.74) is 0.872. The number of hydrogen-bond donors (Lipinski definition) is 2. The standard InChI is InChI=1S/C22H33N3O4/c1-15(2)14-19(26)23-17-6-8-18(9-7-17)24-20(27)16-10-12-25(13-11-16)21(28)29-22(3,4)5/h6-9,15-16H,10-14H2,1-5H3,(H,23,26)(H,24,27). The summed E-state index contributed by atoms with van der Waals surface area (Å²) in [6, 6.07) is 7.11. The van der Waals surface area contributed by atoms with Crippen molar-refractivity contribution in [1.29, 1.82) is 0 Å². The third kappa shape index (κ3) is 7.75. The molecule has 1 aromatic carbocycles. The number of piperidine rings is 1. The Morgan fingerprint density at radius 2 is 1.55 bits per heavy atom. The van der Waals surface area contributed by atoms with E-state index in [9.17, 15) is 14.4 Å². The number of carbonyl (C=O) groups is 3. The Balaban J connectivity index is 1.81. The maximum atomic E-state index is 12.5. The molecular weight excluding hydrogens is 370 g/mol. The molecule has 29 heavy (non-hydrogen) atoms. The molecular formula is C22H33N3O4. The van der Waals surface area contributed by atoms with Gasteiger partial charge in [0.1, 0.15) is 5.60 Å². The van der Waals surface area contributed by atoms with Crippen LogP contribution in [-0.2, 0) is 14.3 Å². The molecule has 160 valence electrons. The highest BCUT2D eigenvalue weighted by Gasteiger charge is 2.29. The van der Waals surface area contributed by atoms with Crippen LogP contribution in [-0.4, -0.2) is 41.5 Å². The number of amides is 3. The van der Waals surface area contributed by atoms with E-state index < -0.39 is 5.60 Å². The van der Waals surface area contributed by atoms with Crippen molar-refractivity contribution in [3.8, 4) is 0 Å². The molecule has 7 nitrogen and oxygen atoms in total. The third-order valence-corrected chi connectivity index (χ3v) is 4.55. The molecule has 1 heterocycles. The van der Waals surface area contributed by atoms with Gasteiger partial charge in [0.05, 0.1) is 0 Å². The van der Waals surface area contributed by atoms with Gasteiger partial charge in [0.2, 0.25) is 11.8 Å². The van der Waals surface area contributed by atoms with Gasteiger partial charge in [-0.1, -0.05) is 13.8 Å². The zero-order valence-corrected chi connectivity index (χ0v) is 18.1. The van der Waals surface area contributed by atoms with E-state index in [4.69, 9.17) is 4.74 Å². The van der Waals surface area contributed by atoms with Crippen LogP contribution in [0.2, 0.25) is 0 Å². The largest absolute Gasteiger partial charge is 0.444 e. The summed E-state index contributed by atoms with van der Waals surface area (Å²) in [4.78, 5) is 38.1. The number of benzene rings is 1. The van der Waals surface area contributed by atoms with Crippen LogP contribution in [0.1, 0.15) is 53.9 Å². The molecule has 0 aromatic heterocycles. The SMILES string of the molecule is CC(C)CC(=O)Nc1ccc(NC(=O)C2CCN(C(=O)OC(C)(C)C)CC2)cc1. The zero-order valence-electron chi connectivity index (χ0n) is 18.1. The lowest BCUT2D eigenvalue weighted by molar-refractivity contribution is -0.121. The predicted molar refractivity (Wildman–Crippen MR) is 114 cm³/mol. The number of likely N-dealkylation sites (tertiary alicyclic amines) is 1. The summed E-state index contributed by atoms with van der Waals surface area (Å²) in [7, 11) is 0.